The second kappa shape index (κ2) is 1.55. The summed E-state index contributed by atoms with van der Waals surface area (Å²) < 4.78 is 0. The monoisotopic (exact) mass is 134 g/mol. The summed E-state index contributed by atoms with van der Waals surface area (Å²) >= 11 is 0. The molecule has 1 fully saturated rings. The molecule has 0 nitrogen and oxygen atoms in total. The molecule has 0 saturated heterocycles. The molecule has 0 aromatic rings. The van der Waals surface area contributed by atoms with Crippen molar-refractivity contribution in [1.29, 1.82) is 0 Å². The third-order valence-corrected chi connectivity index (χ3v) is 3.18. The summed E-state index contributed by atoms with van der Waals surface area (Å²) in [6.45, 7) is 8.63. The zero-order chi connectivity index (χ0) is 7.35. The first-order chi connectivity index (χ1) is 4.67. The zero-order valence-corrected chi connectivity index (χ0v) is 6.72. The summed E-state index contributed by atoms with van der Waals surface area (Å²) in [4.78, 5) is 0. The summed E-state index contributed by atoms with van der Waals surface area (Å²) in [7, 11) is 0. The van der Waals surface area contributed by atoms with Crippen LogP contribution in [0.2, 0.25) is 0 Å². The Kier molecular flexibility index (Phi) is 0.964. The van der Waals surface area contributed by atoms with Crippen LogP contribution in [0.15, 0.2) is 24.3 Å². The molecular weight excluding hydrogens is 120 g/mol. The van der Waals surface area contributed by atoms with Gasteiger partial charge in [-0.15, -0.1) is 0 Å². The van der Waals surface area contributed by atoms with Gasteiger partial charge in [0.2, 0.25) is 0 Å². The Hall–Kier alpha value is -0.520. The van der Waals surface area contributed by atoms with Crippen LogP contribution in [-0.2, 0) is 0 Å². The van der Waals surface area contributed by atoms with Gasteiger partial charge < -0.3 is 0 Å². The predicted octanol–water partition coefficient (Wildman–Crippen LogP) is 2.77. The van der Waals surface area contributed by atoms with E-state index in [-0.39, 0.29) is 0 Å². The molecule has 0 N–H and O–H groups in total. The maximum atomic E-state index is 4.02. The fraction of sp³-hybridized carbons (Fsp3) is 0.600. The van der Waals surface area contributed by atoms with Crippen molar-refractivity contribution in [1.82, 2.24) is 0 Å². The normalized spacial score (nSPS) is 42.7. The molecule has 2 aliphatic rings. The first kappa shape index (κ1) is 6.21. The fourth-order valence-electron chi connectivity index (χ4n) is 2.16. The summed E-state index contributed by atoms with van der Waals surface area (Å²) in [5.41, 5.74) is 1.91. The van der Waals surface area contributed by atoms with Crippen molar-refractivity contribution >= 4 is 0 Å². The van der Waals surface area contributed by atoms with Crippen LogP contribution in [-0.4, -0.2) is 0 Å². The van der Waals surface area contributed by atoms with E-state index < -0.39 is 0 Å². The Morgan fingerprint density at radius 1 is 1.70 bits per heavy atom. The number of hydrogen-bond acceptors (Lipinski definition) is 0. The molecule has 0 unspecified atom stereocenters. The van der Waals surface area contributed by atoms with Crippen LogP contribution in [0.25, 0.3) is 0 Å². The molecule has 0 amide bonds. The predicted molar refractivity (Wildman–Crippen MR) is 43.7 cm³/mol. The van der Waals surface area contributed by atoms with E-state index in [0.717, 1.165) is 11.8 Å². The van der Waals surface area contributed by atoms with Crippen LogP contribution < -0.4 is 0 Å². The molecule has 2 aliphatic carbocycles. The molecule has 10 heavy (non-hydrogen) atoms. The van der Waals surface area contributed by atoms with E-state index in [2.05, 4.69) is 32.6 Å². The first-order valence-corrected chi connectivity index (χ1v) is 4.05. The lowest BCUT2D eigenvalue weighted by molar-refractivity contribution is 0.432. The van der Waals surface area contributed by atoms with Crippen molar-refractivity contribution in [3.05, 3.63) is 24.3 Å². The average molecular weight is 134 g/mol. The second-order valence-corrected chi connectivity index (χ2v) is 3.93. The lowest BCUT2D eigenvalue weighted by atomic mass is 9.92. The van der Waals surface area contributed by atoms with Crippen molar-refractivity contribution in [3.8, 4) is 0 Å². The van der Waals surface area contributed by atoms with Gasteiger partial charge in [0.1, 0.15) is 0 Å². The van der Waals surface area contributed by atoms with Gasteiger partial charge in [0, 0.05) is 0 Å². The highest BCUT2D eigenvalue weighted by Crippen LogP contribution is 2.65. The summed E-state index contributed by atoms with van der Waals surface area (Å²) in [5.74, 6) is 1.61. The van der Waals surface area contributed by atoms with Crippen molar-refractivity contribution < 1.29 is 0 Å². The van der Waals surface area contributed by atoms with Gasteiger partial charge in [0.15, 0.2) is 0 Å². The lowest BCUT2D eigenvalue weighted by Gasteiger charge is -2.12. The van der Waals surface area contributed by atoms with Crippen molar-refractivity contribution in [2.24, 2.45) is 17.3 Å². The lowest BCUT2D eigenvalue weighted by Crippen LogP contribution is -2.05. The smallest absolute Gasteiger partial charge is 0.00172 e. The molecule has 0 aromatic heterocycles. The van der Waals surface area contributed by atoms with E-state index in [1.165, 1.54) is 12.0 Å². The van der Waals surface area contributed by atoms with Crippen LogP contribution in [0.3, 0.4) is 0 Å². The minimum Gasteiger partial charge on any atom is -0.0955 e. The highest BCUT2D eigenvalue weighted by molar-refractivity contribution is 5.41. The van der Waals surface area contributed by atoms with Crippen molar-refractivity contribution in [3.63, 3.8) is 0 Å². The molecule has 0 spiro atoms. The Morgan fingerprint density at radius 3 is 2.60 bits per heavy atom. The Morgan fingerprint density at radius 2 is 2.40 bits per heavy atom. The van der Waals surface area contributed by atoms with E-state index in [1.54, 1.807) is 0 Å². The third-order valence-electron chi connectivity index (χ3n) is 3.18. The maximum Gasteiger partial charge on any atom is -0.00172 e. The molecule has 0 heteroatoms. The quantitative estimate of drug-likeness (QED) is 0.517. The molecule has 54 valence electrons. The highest BCUT2D eigenvalue weighted by atomic mass is 14.6. The van der Waals surface area contributed by atoms with Gasteiger partial charge in [-0.05, 0) is 23.7 Å². The number of fused-ring (bicyclic) bond motifs is 1. The molecule has 1 saturated carbocycles. The van der Waals surface area contributed by atoms with Gasteiger partial charge in [-0.2, -0.15) is 0 Å². The minimum atomic E-state index is 0.553. The van der Waals surface area contributed by atoms with Crippen molar-refractivity contribution in [2.45, 2.75) is 20.3 Å². The van der Waals surface area contributed by atoms with Crippen LogP contribution >= 0.6 is 0 Å². The van der Waals surface area contributed by atoms with Gasteiger partial charge in [-0.3, -0.25) is 0 Å². The Bertz CT molecular complexity index is 210. The van der Waals surface area contributed by atoms with Gasteiger partial charge in [0.25, 0.3) is 0 Å². The number of hydrogen-bond donors (Lipinski definition) is 0. The summed E-state index contributed by atoms with van der Waals surface area (Å²) in [6.07, 6.45) is 5.93. The highest BCUT2D eigenvalue weighted by Gasteiger charge is 2.57. The van der Waals surface area contributed by atoms with Crippen molar-refractivity contribution in [2.75, 3.05) is 0 Å². The standard InChI is InChI=1S/C10H14/c1-7(2)10-5-4-8(3)9(10)6-10/h4-5,7,9H,3,6H2,1-2H3/t9-,10+/m1/s1. The van der Waals surface area contributed by atoms with E-state index in [0.29, 0.717) is 5.41 Å². The Labute approximate surface area is 62.6 Å². The summed E-state index contributed by atoms with van der Waals surface area (Å²) in [6, 6.07) is 0. The van der Waals surface area contributed by atoms with Crippen LogP contribution in [0, 0.1) is 17.3 Å². The molecule has 0 bridgehead atoms. The topological polar surface area (TPSA) is 0 Å². The summed E-state index contributed by atoms with van der Waals surface area (Å²) in [5, 5.41) is 0. The zero-order valence-electron chi connectivity index (χ0n) is 6.72. The van der Waals surface area contributed by atoms with E-state index in [4.69, 9.17) is 0 Å². The molecule has 0 heterocycles. The Balaban J connectivity index is 2.27. The van der Waals surface area contributed by atoms with Gasteiger partial charge >= 0.3 is 0 Å². The SMILES string of the molecule is C=C1C=C[C@@]2(C(C)C)C[C@H]12. The average Bonchev–Trinajstić information content (AvgIpc) is 2.52. The molecule has 0 aromatic carbocycles. The largest absolute Gasteiger partial charge is 0.0955 e. The fourth-order valence-corrected chi connectivity index (χ4v) is 2.16. The van der Waals surface area contributed by atoms with Gasteiger partial charge in [0.05, 0.1) is 0 Å². The second-order valence-electron chi connectivity index (χ2n) is 3.93. The van der Waals surface area contributed by atoms with Crippen LogP contribution in [0.4, 0.5) is 0 Å². The van der Waals surface area contributed by atoms with Crippen LogP contribution in [0.5, 0.6) is 0 Å². The minimum absolute atomic E-state index is 0.553. The molecular formula is C10H14. The molecule has 0 radical (unpaired) electrons. The van der Waals surface area contributed by atoms with E-state index in [9.17, 15) is 0 Å². The van der Waals surface area contributed by atoms with Gasteiger partial charge in [-0.25, -0.2) is 0 Å². The van der Waals surface area contributed by atoms with E-state index in [1.807, 2.05) is 0 Å². The van der Waals surface area contributed by atoms with Gasteiger partial charge in [-0.1, -0.05) is 38.2 Å². The number of rotatable bonds is 1. The molecule has 2 rings (SSSR count). The molecule has 0 aliphatic heterocycles. The van der Waals surface area contributed by atoms with E-state index >= 15 is 0 Å². The number of allylic oxidation sites excluding steroid dienone is 3. The van der Waals surface area contributed by atoms with Crippen LogP contribution in [0.1, 0.15) is 20.3 Å². The maximum absolute atomic E-state index is 4.02. The third kappa shape index (κ3) is 0.524. The first-order valence-electron chi connectivity index (χ1n) is 4.05. The molecule has 2 atom stereocenters.